The predicted octanol–water partition coefficient (Wildman–Crippen LogP) is 1.66. The van der Waals surface area contributed by atoms with Gasteiger partial charge in [0.2, 0.25) is 10.1 Å². The quantitative estimate of drug-likeness (QED) is 0.561. The molecular formula is C7H9Cl3O4. The molecule has 0 saturated carbocycles. The Morgan fingerprint density at radius 3 is 2.64 bits per heavy atom. The van der Waals surface area contributed by atoms with Gasteiger partial charge in [0.15, 0.2) is 0 Å². The van der Waals surface area contributed by atoms with Gasteiger partial charge in [0.05, 0.1) is 6.61 Å². The van der Waals surface area contributed by atoms with Crippen LogP contribution in [0.2, 0.25) is 0 Å². The molecule has 1 saturated heterocycles. The van der Waals surface area contributed by atoms with E-state index >= 15 is 0 Å². The third-order valence-electron chi connectivity index (χ3n) is 1.49. The SMILES string of the molecule is CC(=O)OCC1COC(C(Cl)(Cl)Cl)O1. The van der Waals surface area contributed by atoms with E-state index < -0.39 is 10.1 Å². The molecule has 2 unspecified atom stereocenters. The summed E-state index contributed by atoms with van der Waals surface area (Å²) in [7, 11) is 0. The smallest absolute Gasteiger partial charge is 0.302 e. The highest BCUT2D eigenvalue weighted by Gasteiger charge is 2.41. The van der Waals surface area contributed by atoms with Gasteiger partial charge in [-0.25, -0.2) is 0 Å². The van der Waals surface area contributed by atoms with Crippen LogP contribution in [0.5, 0.6) is 0 Å². The number of halogens is 3. The van der Waals surface area contributed by atoms with Gasteiger partial charge in [-0.1, -0.05) is 34.8 Å². The summed E-state index contributed by atoms with van der Waals surface area (Å²) in [5.41, 5.74) is 0. The van der Waals surface area contributed by atoms with E-state index in [0.29, 0.717) is 0 Å². The standard InChI is InChI=1S/C7H9Cl3O4/c1-4(11)12-2-5-3-13-6(14-5)7(8,9)10/h5-6H,2-3H2,1H3. The fourth-order valence-electron chi connectivity index (χ4n) is 0.917. The van der Waals surface area contributed by atoms with Crippen LogP contribution in [0.3, 0.4) is 0 Å². The minimum Gasteiger partial charge on any atom is -0.463 e. The van der Waals surface area contributed by atoms with E-state index in [0.717, 1.165) is 0 Å². The van der Waals surface area contributed by atoms with Crippen molar-refractivity contribution in [3.8, 4) is 0 Å². The number of hydrogen-bond donors (Lipinski definition) is 0. The highest BCUT2D eigenvalue weighted by molar-refractivity contribution is 6.67. The van der Waals surface area contributed by atoms with Gasteiger partial charge in [0.25, 0.3) is 0 Å². The Morgan fingerprint density at radius 1 is 1.57 bits per heavy atom. The van der Waals surface area contributed by atoms with Gasteiger partial charge in [0, 0.05) is 6.92 Å². The van der Waals surface area contributed by atoms with Gasteiger partial charge in [-0.2, -0.15) is 0 Å². The molecule has 82 valence electrons. The molecular weight excluding hydrogens is 254 g/mol. The maximum absolute atomic E-state index is 10.5. The minimum atomic E-state index is -1.62. The molecule has 0 aliphatic carbocycles. The second-order valence-electron chi connectivity index (χ2n) is 2.77. The Hall–Kier alpha value is 0.260. The monoisotopic (exact) mass is 262 g/mol. The summed E-state index contributed by atoms with van der Waals surface area (Å²) < 4.78 is 13.3. The summed E-state index contributed by atoms with van der Waals surface area (Å²) in [5.74, 6) is -0.383. The predicted molar refractivity (Wildman–Crippen MR) is 51.5 cm³/mol. The Morgan fingerprint density at radius 2 is 2.21 bits per heavy atom. The first-order valence-electron chi connectivity index (χ1n) is 3.86. The third kappa shape index (κ3) is 3.79. The van der Waals surface area contributed by atoms with Gasteiger partial charge in [-0.15, -0.1) is 0 Å². The molecule has 2 atom stereocenters. The lowest BCUT2D eigenvalue weighted by atomic mass is 10.4. The number of rotatable bonds is 2. The second-order valence-corrected chi connectivity index (χ2v) is 5.14. The number of alkyl halides is 3. The van der Waals surface area contributed by atoms with Crippen molar-refractivity contribution in [3.05, 3.63) is 0 Å². The topological polar surface area (TPSA) is 44.8 Å². The van der Waals surface area contributed by atoms with E-state index in [1.165, 1.54) is 6.92 Å². The van der Waals surface area contributed by atoms with Crippen LogP contribution in [0.4, 0.5) is 0 Å². The summed E-state index contributed by atoms with van der Waals surface area (Å²) in [6.07, 6.45) is -1.28. The van der Waals surface area contributed by atoms with E-state index in [1.54, 1.807) is 0 Å². The molecule has 1 fully saturated rings. The van der Waals surface area contributed by atoms with Crippen LogP contribution in [-0.2, 0) is 19.0 Å². The van der Waals surface area contributed by atoms with Gasteiger partial charge in [0.1, 0.15) is 12.7 Å². The molecule has 0 spiro atoms. The largest absolute Gasteiger partial charge is 0.463 e. The fraction of sp³-hybridized carbons (Fsp3) is 0.857. The third-order valence-corrected chi connectivity index (χ3v) is 2.02. The molecule has 4 nitrogen and oxygen atoms in total. The van der Waals surface area contributed by atoms with Crippen LogP contribution in [-0.4, -0.2) is 35.4 Å². The highest BCUT2D eigenvalue weighted by Crippen LogP contribution is 2.36. The zero-order valence-corrected chi connectivity index (χ0v) is 9.60. The maximum Gasteiger partial charge on any atom is 0.302 e. The molecule has 0 bridgehead atoms. The van der Waals surface area contributed by atoms with Crippen molar-refractivity contribution in [2.45, 2.75) is 23.1 Å². The fourth-order valence-corrected chi connectivity index (χ4v) is 1.26. The van der Waals surface area contributed by atoms with Crippen LogP contribution < -0.4 is 0 Å². The van der Waals surface area contributed by atoms with E-state index in [4.69, 9.17) is 49.0 Å². The summed E-state index contributed by atoms with van der Waals surface area (Å²) in [6, 6.07) is 0. The molecule has 1 aliphatic heterocycles. The Labute approximate surface area is 96.3 Å². The zero-order chi connectivity index (χ0) is 10.8. The summed E-state index contributed by atoms with van der Waals surface area (Å²) in [6.45, 7) is 1.65. The number of ether oxygens (including phenoxy) is 3. The van der Waals surface area contributed by atoms with Gasteiger partial charge in [-0.05, 0) is 0 Å². The molecule has 14 heavy (non-hydrogen) atoms. The normalized spacial score (nSPS) is 27.7. The Kier molecular flexibility index (Phi) is 4.28. The molecule has 1 heterocycles. The minimum absolute atomic E-state index is 0.104. The average Bonchev–Trinajstić information content (AvgIpc) is 2.47. The molecule has 0 aromatic carbocycles. The van der Waals surface area contributed by atoms with E-state index in [2.05, 4.69) is 0 Å². The van der Waals surface area contributed by atoms with Crippen molar-refractivity contribution in [2.75, 3.05) is 13.2 Å². The van der Waals surface area contributed by atoms with E-state index in [1.807, 2.05) is 0 Å². The van der Waals surface area contributed by atoms with Crippen molar-refractivity contribution in [2.24, 2.45) is 0 Å². The van der Waals surface area contributed by atoms with Crippen LogP contribution in [0, 0.1) is 0 Å². The molecule has 0 aromatic rings. The number of carbonyl (C=O) groups is 1. The lowest BCUT2D eigenvalue weighted by Gasteiger charge is -2.18. The van der Waals surface area contributed by atoms with Crippen molar-refractivity contribution in [3.63, 3.8) is 0 Å². The molecule has 0 radical (unpaired) electrons. The maximum atomic E-state index is 10.5. The first kappa shape index (κ1) is 12.3. The number of carbonyl (C=O) groups excluding carboxylic acids is 1. The lowest BCUT2D eigenvalue weighted by Crippen LogP contribution is -2.28. The second kappa shape index (κ2) is 4.86. The number of hydrogen-bond acceptors (Lipinski definition) is 4. The van der Waals surface area contributed by atoms with E-state index in [9.17, 15) is 4.79 Å². The highest BCUT2D eigenvalue weighted by atomic mass is 35.6. The lowest BCUT2D eigenvalue weighted by molar-refractivity contribution is -0.145. The molecule has 1 rings (SSSR count). The van der Waals surface area contributed by atoms with Crippen molar-refractivity contribution in [1.29, 1.82) is 0 Å². The van der Waals surface area contributed by atoms with Crippen molar-refractivity contribution in [1.82, 2.24) is 0 Å². The van der Waals surface area contributed by atoms with Gasteiger partial charge in [-0.3, -0.25) is 4.79 Å². The summed E-state index contributed by atoms with van der Waals surface area (Å²) in [4.78, 5) is 10.5. The van der Waals surface area contributed by atoms with Gasteiger partial charge >= 0.3 is 5.97 Å². The van der Waals surface area contributed by atoms with Gasteiger partial charge < -0.3 is 14.2 Å². The first-order chi connectivity index (χ1) is 6.39. The summed E-state index contributed by atoms with van der Waals surface area (Å²) in [5, 5.41) is 0. The van der Waals surface area contributed by atoms with Crippen molar-refractivity contribution < 1.29 is 19.0 Å². The van der Waals surface area contributed by atoms with Crippen LogP contribution in [0.25, 0.3) is 0 Å². The summed E-state index contributed by atoms with van der Waals surface area (Å²) >= 11 is 16.6. The Balaban J connectivity index is 2.31. The molecule has 0 amide bonds. The van der Waals surface area contributed by atoms with Crippen molar-refractivity contribution >= 4 is 40.8 Å². The van der Waals surface area contributed by atoms with Crippen LogP contribution in [0.1, 0.15) is 6.92 Å². The first-order valence-corrected chi connectivity index (χ1v) is 5.00. The molecule has 0 aromatic heterocycles. The number of esters is 1. The van der Waals surface area contributed by atoms with Crippen LogP contribution >= 0.6 is 34.8 Å². The average molecular weight is 264 g/mol. The molecule has 1 aliphatic rings. The zero-order valence-electron chi connectivity index (χ0n) is 7.34. The van der Waals surface area contributed by atoms with E-state index in [-0.39, 0.29) is 25.3 Å². The van der Waals surface area contributed by atoms with Crippen LogP contribution in [0.15, 0.2) is 0 Å². The molecule has 0 N–H and O–H groups in total. The Bertz CT molecular complexity index is 215. The molecule has 7 heteroatoms.